The van der Waals surface area contributed by atoms with Gasteiger partial charge in [-0.3, -0.25) is 4.79 Å². The largest absolute Gasteiger partial charge is 0.378 e. The first-order valence-corrected chi connectivity index (χ1v) is 6.54. The molecule has 1 aromatic carbocycles. The Morgan fingerprint density at radius 2 is 1.74 bits per heavy atom. The van der Waals surface area contributed by atoms with E-state index in [1.54, 1.807) is 0 Å². The molecule has 0 spiro atoms. The molecule has 0 amide bonds. The molecular formula is C16H19NO2. The van der Waals surface area contributed by atoms with Crippen molar-refractivity contribution in [1.29, 1.82) is 0 Å². The van der Waals surface area contributed by atoms with E-state index >= 15 is 0 Å². The van der Waals surface area contributed by atoms with Gasteiger partial charge in [-0.05, 0) is 49.4 Å². The van der Waals surface area contributed by atoms with E-state index in [0.29, 0.717) is 18.8 Å². The molecule has 1 heterocycles. The first kappa shape index (κ1) is 13.6. The number of ketones is 1. The van der Waals surface area contributed by atoms with Crippen LogP contribution >= 0.6 is 0 Å². The van der Waals surface area contributed by atoms with Gasteiger partial charge < -0.3 is 9.64 Å². The summed E-state index contributed by atoms with van der Waals surface area (Å²) in [5.41, 5.74) is 4.03. The molecule has 0 radical (unpaired) electrons. The number of ether oxygens (including phenoxy) is 1. The molecule has 2 rings (SSSR count). The number of nitrogens with zero attached hydrogens (tertiary/aromatic N) is 1. The molecule has 19 heavy (non-hydrogen) atoms. The number of morpholine rings is 1. The van der Waals surface area contributed by atoms with Crippen molar-refractivity contribution >= 4 is 5.78 Å². The molecule has 0 atom stereocenters. The highest BCUT2D eigenvalue weighted by Gasteiger charge is 2.10. The van der Waals surface area contributed by atoms with Gasteiger partial charge in [0.1, 0.15) is 0 Å². The molecule has 1 aliphatic rings. The maximum Gasteiger partial charge on any atom is 0.237 e. The lowest BCUT2D eigenvalue weighted by Gasteiger charge is -2.22. The van der Waals surface area contributed by atoms with E-state index in [4.69, 9.17) is 4.74 Å². The van der Waals surface area contributed by atoms with Crippen LogP contribution in [-0.2, 0) is 4.74 Å². The Morgan fingerprint density at radius 1 is 1.11 bits per heavy atom. The Kier molecular flexibility index (Phi) is 4.24. The minimum atomic E-state index is -0.105. The predicted octanol–water partition coefficient (Wildman–Crippen LogP) is 2.09. The Morgan fingerprint density at radius 3 is 2.42 bits per heavy atom. The normalized spacial score (nSPS) is 14.8. The van der Waals surface area contributed by atoms with Gasteiger partial charge in [-0.2, -0.15) is 0 Å². The maximum atomic E-state index is 12.1. The Labute approximate surface area is 114 Å². The van der Waals surface area contributed by atoms with Crippen molar-refractivity contribution in [3.05, 3.63) is 34.4 Å². The molecular weight excluding hydrogens is 238 g/mol. The molecule has 0 aromatic heterocycles. The van der Waals surface area contributed by atoms with Crippen molar-refractivity contribution in [1.82, 2.24) is 4.90 Å². The van der Waals surface area contributed by atoms with Gasteiger partial charge in [0.2, 0.25) is 5.78 Å². The van der Waals surface area contributed by atoms with Gasteiger partial charge in [0.25, 0.3) is 0 Å². The van der Waals surface area contributed by atoms with Crippen LogP contribution in [0.2, 0.25) is 0 Å². The number of hydrogen-bond donors (Lipinski definition) is 0. The Hall–Kier alpha value is -1.79. The zero-order valence-corrected chi connectivity index (χ0v) is 11.7. The van der Waals surface area contributed by atoms with Gasteiger partial charge in [0.05, 0.1) is 13.2 Å². The third-order valence-electron chi connectivity index (χ3n) is 3.42. The lowest BCUT2D eigenvalue weighted by molar-refractivity contribution is 0.0637. The second kappa shape index (κ2) is 5.90. The van der Waals surface area contributed by atoms with Crippen LogP contribution in [0.1, 0.15) is 27.0 Å². The van der Waals surface area contributed by atoms with Gasteiger partial charge >= 0.3 is 0 Å². The molecule has 0 N–H and O–H groups in total. The second-order valence-corrected chi connectivity index (χ2v) is 4.92. The summed E-state index contributed by atoms with van der Waals surface area (Å²) in [6.45, 7) is 8.93. The van der Waals surface area contributed by atoms with E-state index in [1.165, 1.54) is 5.56 Å². The molecule has 100 valence electrons. The van der Waals surface area contributed by atoms with E-state index in [-0.39, 0.29) is 5.78 Å². The van der Waals surface area contributed by atoms with Crippen LogP contribution < -0.4 is 0 Å². The minimum Gasteiger partial charge on any atom is -0.378 e. The molecule has 3 heteroatoms. The van der Waals surface area contributed by atoms with E-state index in [1.807, 2.05) is 30.9 Å². The molecule has 1 fully saturated rings. The molecule has 0 unspecified atom stereocenters. The molecule has 1 aromatic rings. The highest BCUT2D eigenvalue weighted by Crippen LogP contribution is 2.15. The number of carbonyl (C=O) groups excluding carboxylic acids is 1. The highest BCUT2D eigenvalue weighted by atomic mass is 16.5. The lowest BCUT2D eigenvalue weighted by atomic mass is 9.98. The smallest absolute Gasteiger partial charge is 0.237 e. The molecule has 1 saturated heterocycles. The number of rotatable bonds is 1. The topological polar surface area (TPSA) is 29.5 Å². The molecule has 0 bridgehead atoms. The quantitative estimate of drug-likeness (QED) is 0.570. The monoisotopic (exact) mass is 257 g/mol. The van der Waals surface area contributed by atoms with Gasteiger partial charge in [-0.15, -0.1) is 0 Å². The maximum absolute atomic E-state index is 12.1. The van der Waals surface area contributed by atoms with Crippen molar-refractivity contribution in [3.8, 4) is 12.0 Å². The first-order valence-electron chi connectivity index (χ1n) is 6.54. The first-order chi connectivity index (χ1) is 9.08. The van der Waals surface area contributed by atoms with E-state index < -0.39 is 0 Å². The standard InChI is InChI=1S/C16H19NO2/c1-12-10-14(3)15(11-13(12)2)16(18)4-5-17-6-8-19-9-7-17/h10-11H,6-9H2,1-3H3. The van der Waals surface area contributed by atoms with Gasteiger partial charge in [-0.1, -0.05) is 6.07 Å². The fourth-order valence-electron chi connectivity index (χ4n) is 2.08. The molecule has 1 aliphatic heterocycles. The number of benzene rings is 1. The van der Waals surface area contributed by atoms with Crippen LogP contribution in [0.15, 0.2) is 12.1 Å². The van der Waals surface area contributed by atoms with Crippen LogP contribution in [-0.4, -0.2) is 37.0 Å². The van der Waals surface area contributed by atoms with Crippen LogP contribution in [0, 0.1) is 32.7 Å². The summed E-state index contributed by atoms with van der Waals surface area (Å²) >= 11 is 0. The van der Waals surface area contributed by atoms with Crippen molar-refractivity contribution in [2.45, 2.75) is 20.8 Å². The Bertz CT molecular complexity index is 546. The fraction of sp³-hybridized carbons (Fsp3) is 0.438. The summed E-state index contributed by atoms with van der Waals surface area (Å²) in [6, 6.07) is 6.91. The highest BCUT2D eigenvalue weighted by molar-refractivity contribution is 6.10. The van der Waals surface area contributed by atoms with Gasteiger partial charge in [0, 0.05) is 24.7 Å². The van der Waals surface area contributed by atoms with Gasteiger partial charge in [0.15, 0.2) is 0 Å². The van der Waals surface area contributed by atoms with E-state index in [0.717, 1.165) is 24.2 Å². The fourth-order valence-corrected chi connectivity index (χ4v) is 2.08. The summed E-state index contributed by atoms with van der Waals surface area (Å²) in [4.78, 5) is 14.1. The summed E-state index contributed by atoms with van der Waals surface area (Å²) in [7, 11) is 0. The van der Waals surface area contributed by atoms with Crippen molar-refractivity contribution in [3.63, 3.8) is 0 Å². The van der Waals surface area contributed by atoms with Crippen LogP contribution in [0.25, 0.3) is 0 Å². The zero-order valence-electron chi connectivity index (χ0n) is 11.7. The van der Waals surface area contributed by atoms with Crippen LogP contribution in [0.5, 0.6) is 0 Å². The van der Waals surface area contributed by atoms with E-state index in [9.17, 15) is 4.79 Å². The van der Waals surface area contributed by atoms with Crippen molar-refractivity contribution in [2.75, 3.05) is 26.3 Å². The molecule has 0 aliphatic carbocycles. The average molecular weight is 257 g/mol. The van der Waals surface area contributed by atoms with Crippen LogP contribution in [0.3, 0.4) is 0 Å². The van der Waals surface area contributed by atoms with Crippen molar-refractivity contribution in [2.24, 2.45) is 0 Å². The summed E-state index contributed by atoms with van der Waals surface area (Å²) in [5, 5.41) is 0. The number of Topliss-reactive ketones (excluding diaryl/α,β-unsaturated/α-hetero) is 1. The van der Waals surface area contributed by atoms with E-state index in [2.05, 4.69) is 18.9 Å². The van der Waals surface area contributed by atoms with Gasteiger partial charge in [-0.25, -0.2) is 0 Å². The van der Waals surface area contributed by atoms with Crippen LogP contribution in [0.4, 0.5) is 0 Å². The third kappa shape index (κ3) is 3.36. The lowest BCUT2D eigenvalue weighted by Crippen LogP contribution is -2.32. The predicted molar refractivity (Wildman–Crippen MR) is 75.2 cm³/mol. The number of hydrogen-bond acceptors (Lipinski definition) is 3. The Balaban J connectivity index is 2.16. The summed E-state index contributed by atoms with van der Waals surface area (Å²) in [6.07, 6.45) is 0. The molecule has 0 saturated carbocycles. The second-order valence-electron chi connectivity index (χ2n) is 4.92. The third-order valence-corrected chi connectivity index (χ3v) is 3.42. The minimum absolute atomic E-state index is 0.105. The number of aryl methyl sites for hydroxylation is 3. The summed E-state index contributed by atoms with van der Waals surface area (Å²) < 4.78 is 5.24. The average Bonchev–Trinajstić information content (AvgIpc) is 2.41. The van der Waals surface area contributed by atoms with Crippen molar-refractivity contribution < 1.29 is 9.53 Å². The number of carbonyl (C=O) groups is 1. The summed E-state index contributed by atoms with van der Waals surface area (Å²) in [5.74, 6) is 2.63. The molecule has 3 nitrogen and oxygen atoms in total. The SMILES string of the molecule is Cc1cc(C)c(C(=O)C#CN2CCOCC2)cc1C. The zero-order chi connectivity index (χ0) is 13.8.